The molecule has 0 aromatic heterocycles. The highest BCUT2D eigenvalue weighted by atomic mass is 19.1. The second-order valence-electron chi connectivity index (χ2n) is 5.43. The SMILES string of the molecule is COc1ccc(F)cc1C(=O)C(C)(C)N1CCCC1. The van der Waals surface area contributed by atoms with Gasteiger partial charge in [-0.05, 0) is 58.0 Å². The average Bonchev–Trinajstić information content (AvgIpc) is 2.92. The van der Waals surface area contributed by atoms with Crippen LogP contribution in [0.4, 0.5) is 4.39 Å². The highest BCUT2D eigenvalue weighted by Gasteiger charge is 2.37. The highest BCUT2D eigenvalue weighted by molar-refractivity contribution is 6.04. The van der Waals surface area contributed by atoms with Crippen LogP contribution in [0.5, 0.6) is 5.75 Å². The van der Waals surface area contributed by atoms with Gasteiger partial charge in [-0.2, -0.15) is 0 Å². The molecule has 0 radical (unpaired) electrons. The number of rotatable bonds is 4. The van der Waals surface area contributed by atoms with Gasteiger partial charge in [0.25, 0.3) is 0 Å². The van der Waals surface area contributed by atoms with Gasteiger partial charge in [-0.25, -0.2) is 4.39 Å². The van der Waals surface area contributed by atoms with Crippen molar-refractivity contribution < 1.29 is 13.9 Å². The molecule has 19 heavy (non-hydrogen) atoms. The monoisotopic (exact) mass is 265 g/mol. The number of methoxy groups -OCH3 is 1. The van der Waals surface area contributed by atoms with E-state index in [1.807, 2.05) is 13.8 Å². The number of benzene rings is 1. The van der Waals surface area contributed by atoms with E-state index in [-0.39, 0.29) is 5.78 Å². The maximum Gasteiger partial charge on any atom is 0.186 e. The lowest BCUT2D eigenvalue weighted by Gasteiger charge is -2.34. The van der Waals surface area contributed by atoms with E-state index in [1.54, 1.807) is 0 Å². The van der Waals surface area contributed by atoms with Crippen LogP contribution in [0.2, 0.25) is 0 Å². The van der Waals surface area contributed by atoms with E-state index < -0.39 is 11.4 Å². The molecule has 1 fully saturated rings. The second kappa shape index (κ2) is 5.29. The molecular weight excluding hydrogens is 245 g/mol. The Hall–Kier alpha value is -1.42. The zero-order valence-electron chi connectivity index (χ0n) is 11.7. The van der Waals surface area contributed by atoms with Crippen molar-refractivity contribution in [1.29, 1.82) is 0 Å². The molecule has 0 atom stereocenters. The van der Waals surface area contributed by atoms with Crippen molar-refractivity contribution in [2.24, 2.45) is 0 Å². The summed E-state index contributed by atoms with van der Waals surface area (Å²) in [4.78, 5) is 14.8. The molecule has 0 bridgehead atoms. The van der Waals surface area contributed by atoms with Gasteiger partial charge in [0.2, 0.25) is 0 Å². The number of ketones is 1. The number of hydrogen-bond donors (Lipinski definition) is 0. The predicted molar refractivity (Wildman–Crippen MR) is 72.2 cm³/mol. The fourth-order valence-electron chi connectivity index (χ4n) is 2.61. The molecule has 104 valence electrons. The van der Waals surface area contributed by atoms with Crippen molar-refractivity contribution >= 4 is 5.78 Å². The topological polar surface area (TPSA) is 29.5 Å². The van der Waals surface area contributed by atoms with Gasteiger partial charge in [-0.15, -0.1) is 0 Å². The lowest BCUT2D eigenvalue weighted by Crippen LogP contribution is -2.48. The van der Waals surface area contributed by atoms with E-state index in [2.05, 4.69) is 4.90 Å². The lowest BCUT2D eigenvalue weighted by molar-refractivity contribution is 0.0699. The van der Waals surface area contributed by atoms with Gasteiger partial charge >= 0.3 is 0 Å². The van der Waals surface area contributed by atoms with Crippen LogP contribution in [0.15, 0.2) is 18.2 Å². The fourth-order valence-corrected chi connectivity index (χ4v) is 2.61. The van der Waals surface area contributed by atoms with E-state index in [9.17, 15) is 9.18 Å². The van der Waals surface area contributed by atoms with Crippen molar-refractivity contribution in [1.82, 2.24) is 4.90 Å². The van der Waals surface area contributed by atoms with Gasteiger partial charge in [-0.1, -0.05) is 0 Å². The first-order valence-electron chi connectivity index (χ1n) is 6.60. The fraction of sp³-hybridized carbons (Fsp3) is 0.533. The second-order valence-corrected chi connectivity index (χ2v) is 5.43. The smallest absolute Gasteiger partial charge is 0.186 e. The van der Waals surface area contributed by atoms with E-state index in [1.165, 1.54) is 25.3 Å². The standard InChI is InChI=1S/C15H20FNO2/c1-15(2,17-8-4-5-9-17)14(18)12-10-11(16)6-7-13(12)19-3/h6-7,10H,4-5,8-9H2,1-3H3. The van der Waals surface area contributed by atoms with Crippen molar-refractivity contribution in [3.8, 4) is 5.75 Å². The number of Topliss-reactive ketones (excluding diaryl/α,β-unsaturated/α-hetero) is 1. The summed E-state index contributed by atoms with van der Waals surface area (Å²) in [5, 5.41) is 0. The van der Waals surface area contributed by atoms with Crippen molar-refractivity contribution in [3.05, 3.63) is 29.6 Å². The molecule has 0 saturated carbocycles. The molecule has 1 aromatic rings. The molecule has 1 aromatic carbocycles. The Bertz CT molecular complexity index is 479. The first kappa shape index (κ1) is 14.0. The van der Waals surface area contributed by atoms with Crippen molar-refractivity contribution in [3.63, 3.8) is 0 Å². The molecule has 4 heteroatoms. The first-order chi connectivity index (χ1) is 8.96. The number of carbonyl (C=O) groups is 1. The van der Waals surface area contributed by atoms with Crippen LogP contribution < -0.4 is 4.74 Å². The lowest BCUT2D eigenvalue weighted by atomic mass is 9.91. The van der Waals surface area contributed by atoms with Crippen LogP contribution in [0.25, 0.3) is 0 Å². The Morgan fingerprint density at radius 3 is 2.53 bits per heavy atom. The predicted octanol–water partition coefficient (Wildman–Crippen LogP) is 2.89. The molecule has 0 aliphatic carbocycles. The highest BCUT2D eigenvalue weighted by Crippen LogP contribution is 2.29. The number of ether oxygens (including phenoxy) is 1. The maximum atomic E-state index is 13.4. The van der Waals surface area contributed by atoms with Crippen LogP contribution in [-0.2, 0) is 0 Å². The Balaban J connectivity index is 2.35. The number of halogens is 1. The Morgan fingerprint density at radius 2 is 1.95 bits per heavy atom. The van der Waals surface area contributed by atoms with Crippen LogP contribution in [0, 0.1) is 5.82 Å². The van der Waals surface area contributed by atoms with Crippen molar-refractivity contribution in [2.45, 2.75) is 32.2 Å². The number of likely N-dealkylation sites (tertiary alicyclic amines) is 1. The van der Waals surface area contributed by atoms with Crippen LogP contribution >= 0.6 is 0 Å². The van der Waals surface area contributed by atoms with Gasteiger partial charge < -0.3 is 4.74 Å². The largest absolute Gasteiger partial charge is 0.496 e. The Labute approximate surface area is 113 Å². The quantitative estimate of drug-likeness (QED) is 0.784. The molecule has 1 saturated heterocycles. The van der Waals surface area contributed by atoms with Crippen LogP contribution in [0.1, 0.15) is 37.0 Å². The molecule has 0 N–H and O–H groups in total. The Morgan fingerprint density at radius 1 is 1.32 bits per heavy atom. The minimum absolute atomic E-state index is 0.0919. The van der Waals surface area contributed by atoms with Crippen LogP contribution in [-0.4, -0.2) is 36.4 Å². The summed E-state index contributed by atoms with van der Waals surface area (Å²) in [6.07, 6.45) is 2.22. The van der Waals surface area contributed by atoms with E-state index in [4.69, 9.17) is 4.74 Å². The summed E-state index contributed by atoms with van der Waals surface area (Å²) >= 11 is 0. The normalized spacial score (nSPS) is 16.6. The van der Waals surface area contributed by atoms with Gasteiger partial charge in [0.05, 0.1) is 18.2 Å². The molecule has 1 aliphatic heterocycles. The third kappa shape index (κ3) is 2.63. The molecule has 0 spiro atoms. The van der Waals surface area contributed by atoms with Gasteiger partial charge in [-0.3, -0.25) is 9.69 Å². The number of nitrogens with zero attached hydrogens (tertiary/aromatic N) is 1. The third-order valence-corrected chi connectivity index (χ3v) is 3.86. The average molecular weight is 265 g/mol. The summed E-state index contributed by atoms with van der Waals surface area (Å²) in [5.74, 6) is -0.0780. The number of hydrogen-bond acceptors (Lipinski definition) is 3. The van der Waals surface area contributed by atoms with Crippen molar-refractivity contribution in [2.75, 3.05) is 20.2 Å². The van der Waals surface area contributed by atoms with Gasteiger partial charge in [0.1, 0.15) is 11.6 Å². The molecular formula is C15H20FNO2. The minimum Gasteiger partial charge on any atom is -0.496 e. The number of carbonyl (C=O) groups excluding carboxylic acids is 1. The zero-order valence-corrected chi connectivity index (χ0v) is 11.7. The van der Waals surface area contributed by atoms with E-state index in [0.717, 1.165) is 25.9 Å². The van der Waals surface area contributed by atoms with Crippen LogP contribution in [0.3, 0.4) is 0 Å². The summed E-state index contributed by atoms with van der Waals surface area (Å²) in [7, 11) is 1.49. The molecule has 1 heterocycles. The minimum atomic E-state index is -0.627. The summed E-state index contributed by atoms with van der Waals surface area (Å²) < 4.78 is 18.6. The van der Waals surface area contributed by atoms with E-state index >= 15 is 0 Å². The third-order valence-electron chi connectivity index (χ3n) is 3.86. The molecule has 3 nitrogen and oxygen atoms in total. The molecule has 0 amide bonds. The van der Waals surface area contributed by atoms with Gasteiger partial charge in [0.15, 0.2) is 5.78 Å². The molecule has 1 aliphatic rings. The first-order valence-corrected chi connectivity index (χ1v) is 6.60. The summed E-state index contributed by atoms with van der Waals surface area (Å²) in [6.45, 7) is 5.61. The molecule has 2 rings (SSSR count). The maximum absolute atomic E-state index is 13.4. The summed E-state index contributed by atoms with van der Waals surface area (Å²) in [5.41, 5.74) is -0.309. The molecule has 0 unspecified atom stereocenters. The zero-order chi connectivity index (χ0) is 14.0. The Kier molecular flexibility index (Phi) is 3.90. The van der Waals surface area contributed by atoms with Gasteiger partial charge in [0, 0.05) is 0 Å². The summed E-state index contributed by atoms with van der Waals surface area (Å²) in [6, 6.07) is 4.07. The van der Waals surface area contributed by atoms with E-state index in [0.29, 0.717) is 11.3 Å².